The first-order valence-corrected chi connectivity index (χ1v) is 5.40. The smallest absolute Gasteiger partial charge is 0.257 e. The van der Waals surface area contributed by atoms with Gasteiger partial charge in [0.05, 0.1) is 12.1 Å². The Balaban J connectivity index is 2.21. The monoisotopic (exact) mass is 236 g/mol. The zero-order valence-electron chi connectivity index (χ0n) is 9.50. The molecule has 5 heteroatoms. The van der Waals surface area contributed by atoms with E-state index in [1.54, 1.807) is 13.0 Å². The quantitative estimate of drug-likeness (QED) is 0.780. The van der Waals surface area contributed by atoms with Gasteiger partial charge in [-0.05, 0) is 24.6 Å². The largest absolute Gasteiger partial charge is 0.353 e. The van der Waals surface area contributed by atoms with Gasteiger partial charge in [0.1, 0.15) is 5.82 Å². The summed E-state index contributed by atoms with van der Waals surface area (Å²) in [5.41, 5.74) is 0.778. The zero-order chi connectivity index (χ0) is 12.4. The minimum Gasteiger partial charge on any atom is -0.353 e. The maximum Gasteiger partial charge on any atom is 0.257 e. The van der Waals surface area contributed by atoms with Crippen LogP contribution < -0.4 is 5.32 Å². The van der Waals surface area contributed by atoms with Gasteiger partial charge in [-0.15, -0.1) is 0 Å². The van der Waals surface area contributed by atoms with Gasteiger partial charge >= 0.3 is 0 Å². The van der Waals surface area contributed by atoms with E-state index in [4.69, 9.17) is 0 Å². The van der Waals surface area contributed by atoms with Gasteiger partial charge in [0, 0.05) is 13.1 Å². The summed E-state index contributed by atoms with van der Waals surface area (Å²) in [6.07, 6.45) is 0. The van der Waals surface area contributed by atoms with Gasteiger partial charge in [-0.2, -0.15) is 0 Å². The molecule has 1 aromatic carbocycles. The minimum absolute atomic E-state index is 0.00779. The van der Waals surface area contributed by atoms with Crippen molar-refractivity contribution in [3.05, 3.63) is 35.1 Å². The number of piperazine rings is 1. The fraction of sp³-hybridized carbons (Fsp3) is 0.333. The van der Waals surface area contributed by atoms with Gasteiger partial charge in [-0.1, -0.05) is 6.07 Å². The molecule has 0 spiro atoms. The van der Waals surface area contributed by atoms with Crippen LogP contribution in [-0.4, -0.2) is 36.3 Å². The lowest BCUT2D eigenvalue weighted by Gasteiger charge is -2.26. The summed E-state index contributed by atoms with van der Waals surface area (Å²) in [4.78, 5) is 24.5. The first-order valence-electron chi connectivity index (χ1n) is 5.40. The van der Waals surface area contributed by atoms with E-state index in [1.165, 1.54) is 17.0 Å². The number of nitrogens with zero attached hydrogens (tertiary/aromatic N) is 1. The molecule has 0 aliphatic carbocycles. The van der Waals surface area contributed by atoms with Crippen LogP contribution in [0, 0.1) is 12.7 Å². The lowest BCUT2D eigenvalue weighted by molar-refractivity contribution is -0.123. The Morgan fingerprint density at radius 3 is 2.88 bits per heavy atom. The van der Waals surface area contributed by atoms with E-state index >= 15 is 0 Å². The van der Waals surface area contributed by atoms with E-state index < -0.39 is 11.7 Å². The van der Waals surface area contributed by atoms with E-state index in [0.717, 1.165) is 5.56 Å². The van der Waals surface area contributed by atoms with Crippen LogP contribution in [0.3, 0.4) is 0 Å². The molecule has 0 unspecified atom stereocenters. The second-order valence-corrected chi connectivity index (χ2v) is 4.06. The lowest BCUT2D eigenvalue weighted by Crippen LogP contribution is -2.50. The molecule has 1 heterocycles. The highest BCUT2D eigenvalue weighted by Crippen LogP contribution is 2.13. The van der Waals surface area contributed by atoms with Gasteiger partial charge in [0.15, 0.2) is 0 Å². The van der Waals surface area contributed by atoms with E-state index in [0.29, 0.717) is 13.1 Å². The number of rotatable bonds is 1. The maximum absolute atomic E-state index is 13.6. The van der Waals surface area contributed by atoms with Crippen LogP contribution in [0.5, 0.6) is 0 Å². The number of aryl methyl sites for hydroxylation is 1. The molecular formula is C12H13FN2O2. The third-order valence-electron chi connectivity index (χ3n) is 2.68. The lowest BCUT2D eigenvalue weighted by atomic mass is 10.1. The molecule has 1 aliphatic rings. The highest BCUT2D eigenvalue weighted by atomic mass is 19.1. The highest BCUT2D eigenvalue weighted by Gasteiger charge is 2.24. The van der Waals surface area contributed by atoms with Crippen LogP contribution >= 0.6 is 0 Å². The topological polar surface area (TPSA) is 49.4 Å². The number of hydrogen-bond acceptors (Lipinski definition) is 2. The number of halogens is 1. The van der Waals surface area contributed by atoms with Crippen molar-refractivity contribution in [1.82, 2.24) is 10.2 Å². The third-order valence-corrected chi connectivity index (χ3v) is 2.68. The number of carbonyl (C=O) groups excluding carboxylic acids is 2. The Kier molecular flexibility index (Phi) is 3.08. The van der Waals surface area contributed by atoms with Gasteiger partial charge in [0.25, 0.3) is 5.91 Å². The molecule has 0 aromatic heterocycles. The highest BCUT2D eigenvalue weighted by molar-refractivity contribution is 5.97. The molecule has 1 saturated heterocycles. The Hall–Kier alpha value is -1.91. The van der Waals surface area contributed by atoms with Crippen molar-refractivity contribution >= 4 is 11.8 Å². The predicted octanol–water partition coefficient (Wildman–Crippen LogP) is 0.706. The minimum atomic E-state index is -0.541. The van der Waals surface area contributed by atoms with Crippen molar-refractivity contribution in [1.29, 1.82) is 0 Å². The fourth-order valence-electron chi connectivity index (χ4n) is 1.78. The average Bonchev–Trinajstić information content (AvgIpc) is 2.28. The van der Waals surface area contributed by atoms with Crippen LogP contribution in [0.15, 0.2) is 18.2 Å². The fourth-order valence-corrected chi connectivity index (χ4v) is 1.78. The number of nitrogens with one attached hydrogen (secondary N) is 1. The second kappa shape index (κ2) is 4.53. The maximum atomic E-state index is 13.6. The molecule has 4 nitrogen and oxygen atoms in total. The second-order valence-electron chi connectivity index (χ2n) is 4.06. The zero-order valence-corrected chi connectivity index (χ0v) is 9.50. The molecule has 0 saturated carbocycles. The molecule has 1 aromatic rings. The van der Waals surface area contributed by atoms with Gasteiger partial charge in [0.2, 0.25) is 5.91 Å². The van der Waals surface area contributed by atoms with Crippen molar-refractivity contribution in [2.75, 3.05) is 19.6 Å². The first kappa shape index (κ1) is 11.6. The summed E-state index contributed by atoms with van der Waals surface area (Å²) in [7, 11) is 0. The molecule has 90 valence electrons. The van der Waals surface area contributed by atoms with Gasteiger partial charge in [-0.3, -0.25) is 9.59 Å². The van der Waals surface area contributed by atoms with Crippen molar-refractivity contribution < 1.29 is 14.0 Å². The van der Waals surface area contributed by atoms with Crippen LogP contribution in [0.1, 0.15) is 15.9 Å². The van der Waals surface area contributed by atoms with E-state index in [-0.39, 0.29) is 18.0 Å². The molecule has 0 bridgehead atoms. The number of amides is 2. The van der Waals surface area contributed by atoms with Gasteiger partial charge < -0.3 is 10.2 Å². The van der Waals surface area contributed by atoms with E-state index in [2.05, 4.69) is 5.32 Å². The summed E-state index contributed by atoms with van der Waals surface area (Å²) >= 11 is 0. The summed E-state index contributed by atoms with van der Waals surface area (Å²) in [5, 5.41) is 2.62. The Labute approximate surface area is 98.4 Å². The number of hydrogen-bond donors (Lipinski definition) is 1. The molecule has 1 N–H and O–H groups in total. The van der Waals surface area contributed by atoms with Gasteiger partial charge in [-0.25, -0.2) is 4.39 Å². The van der Waals surface area contributed by atoms with Crippen LogP contribution in [-0.2, 0) is 4.79 Å². The third kappa shape index (κ3) is 2.43. The molecule has 2 amide bonds. The molecule has 2 rings (SSSR count). The summed E-state index contributed by atoms with van der Waals surface area (Å²) < 4.78 is 13.6. The Bertz CT molecular complexity index is 474. The molecular weight excluding hydrogens is 223 g/mol. The molecule has 1 aliphatic heterocycles. The molecule has 1 fully saturated rings. The first-order chi connectivity index (χ1) is 8.08. The van der Waals surface area contributed by atoms with E-state index in [1.807, 2.05) is 0 Å². The van der Waals surface area contributed by atoms with Crippen molar-refractivity contribution in [2.45, 2.75) is 6.92 Å². The predicted molar refractivity (Wildman–Crippen MR) is 60.1 cm³/mol. The molecule has 0 atom stereocenters. The Morgan fingerprint density at radius 1 is 1.47 bits per heavy atom. The van der Waals surface area contributed by atoms with Crippen LogP contribution in [0.4, 0.5) is 4.39 Å². The van der Waals surface area contributed by atoms with Crippen LogP contribution in [0.25, 0.3) is 0 Å². The standard InChI is InChI=1S/C12H13FN2O2/c1-8-2-3-9(10(13)6-8)12(17)15-5-4-14-11(16)7-15/h2-3,6H,4-5,7H2,1H3,(H,14,16). The van der Waals surface area contributed by atoms with Crippen molar-refractivity contribution in [3.8, 4) is 0 Å². The molecule has 17 heavy (non-hydrogen) atoms. The van der Waals surface area contributed by atoms with Crippen LogP contribution in [0.2, 0.25) is 0 Å². The van der Waals surface area contributed by atoms with E-state index in [9.17, 15) is 14.0 Å². The molecule has 0 radical (unpaired) electrons. The number of carbonyl (C=O) groups is 2. The summed E-state index contributed by atoms with van der Waals surface area (Å²) in [5.74, 6) is -1.18. The SMILES string of the molecule is Cc1ccc(C(=O)N2CCNC(=O)C2)c(F)c1. The summed E-state index contributed by atoms with van der Waals surface area (Å²) in [6.45, 7) is 2.58. The van der Waals surface area contributed by atoms with Crippen molar-refractivity contribution in [3.63, 3.8) is 0 Å². The number of benzene rings is 1. The van der Waals surface area contributed by atoms with Crippen molar-refractivity contribution in [2.24, 2.45) is 0 Å². The summed E-state index contributed by atoms with van der Waals surface area (Å²) in [6, 6.07) is 4.46. The normalized spacial score (nSPS) is 15.6. The average molecular weight is 236 g/mol. The Morgan fingerprint density at radius 2 is 2.24 bits per heavy atom.